The van der Waals surface area contributed by atoms with Crippen molar-refractivity contribution in [2.24, 2.45) is 0 Å². The normalized spacial score (nSPS) is 11.1. The van der Waals surface area contributed by atoms with Crippen LogP contribution in [0, 0.1) is 6.92 Å². The second-order valence-electron chi connectivity index (χ2n) is 5.35. The highest BCUT2D eigenvalue weighted by Gasteiger charge is 2.17. The lowest BCUT2D eigenvalue weighted by molar-refractivity contribution is 0.0697. The Morgan fingerprint density at radius 2 is 1.83 bits per heavy atom. The molecule has 2 aromatic carbocycles. The minimum atomic E-state index is -3.77. The third-order valence-corrected chi connectivity index (χ3v) is 4.64. The van der Waals surface area contributed by atoms with Crippen molar-refractivity contribution in [1.29, 1.82) is 0 Å². The molecular weight excluding hydrogens is 316 g/mol. The zero-order chi connectivity index (χ0) is 17.2. The van der Waals surface area contributed by atoms with Crippen molar-refractivity contribution < 1.29 is 18.3 Å². The lowest BCUT2D eigenvalue weighted by Gasteiger charge is -2.17. The molecule has 0 spiro atoms. The average Bonchev–Trinajstić information content (AvgIpc) is 2.46. The highest BCUT2D eigenvalue weighted by molar-refractivity contribution is 7.92. The monoisotopic (exact) mass is 334 g/mol. The molecule has 122 valence electrons. The lowest BCUT2D eigenvalue weighted by atomic mass is 10.1. The summed E-state index contributed by atoms with van der Waals surface area (Å²) in [6, 6.07) is 10.9. The van der Waals surface area contributed by atoms with Crippen LogP contribution in [0.4, 0.5) is 11.4 Å². The third-order valence-electron chi connectivity index (χ3n) is 3.26. The molecule has 23 heavy (non-hydrogen) atoms. The highest BCUT2D eigenvalue weighted by Crippen LogP contribution is 2.25. The maximum Gasteiger partial charge on any atom is 0.337 e. The molecule has 7 heteroatoms. The summed E-state index contributed by atoms with van der Waals surface area (Å²) in [6.07, 6.45) is 0. The zero-order valence-corrected chi connectivity index (χ0v) is 13.9. The summed E-state index contributed by atoms with van der Waals surface area (Å²) in [7, 11) is -0.327. The summed E-state index contributed by atoms with van der Waals surface area (Å²) in [5, 5.41) is 9.29. The van der Waals surface area contributed by atoms with E-state index in [1.165, 1.54) is 18.2 Å². The SMILES string of the molecule is Cc1cccc(S(=O)(=O)Nc2ccc(N(C)C)c(C(=O)O)c2)c1. The molecule has 0 aromatic heterocycles. The summed E-state index contributed by atoms with van der Waals surface area (Å²) < 4.78 is 27.2. The highest BCUT2D eigenvalue weighted by atomic mass is 32.2. The van der Waals surface area contributed by atoms with Crippen LogP contribution in [0.5, 0.6) is 0 Å². The van der Waals surface area contributed by atoms with Crippen LogP contribution >= 0.6 is 0 Å². The molecule has 0 saturated carbocycles. The molecule has 2 aromatic rings. The van der Waals surface area contributed by atoms with Gasteiger partial charge >= 0.3 is 5.97 Å². The Hall–Kier alpha value is -2.54. The van der Waals surface area contributed by atoms with Crippen LogP contribution in [0.1, 0.15) is 15.9 Å². The molecule has 0 atom stereocenters. The quantitative estimate of drug-likeness (QED) is 0.877. The summed E-state index contributed by atoms with van der Waals surface area (Å²) in [4.78, 5) is 13.1. The maximum atomic E-state index is 12.4. The Morgan fingerprint density at radius 1 is 1.13 bits per heavy atom. The molecule has 0 aliphatic heterocycles. The lowest BCUT2D eigenvalue weighted by Crippen LogP contribution is -2.16. The number of sulfonamides is 1. The van der Waals surface area contributed by atoms with E-state index in [-0.39, 0.29) is 16.1 Å². The van der Waals surface area contributed by atoms with Gasteiger partial charge in [0.1, 0.15) is 0 Å². The minimum absolute atomic E-state index is 0.0273. The van der Waals surface area contributed by atoms with E-state index in [1.807, 2.05) is 0 Å². The molecule has 0 radical (unpaired) electrons. The van der Waals surface area contributed by atoms with Crippen molar-refractivity contribution in [2.45, 2.75) is 11.8 Å². The number of benzene rings is 2. The number of carbonyl (C=O) groups is 1. The summed E-state index contributed by atoms with van der Waals surface area (Å²) in [5.41, 5.74) is 1.55. The molecule has 6 nitrogen and oxygen atoms in total. The molecule has 0 aliphatic rings. The Morgan fingerprint density at radius 3 is 2.39 bits per heavy atom. The van der Waals surface area contributed by atoms with Crippen LogP contribution in [0.25, 0.3) is 0 Å². The molecule has 2 N–H and O–H groups in total. The molecule has 2 rings (SSSR count). The van der Waals surface area contributed by atoms with Crippen LogP contribution < -0.4 is 9.62 Å². The zero-order valence-electron chi connectivity index (χ0n) is 13.1. The van der Waals surface area contributed by atoms with Gasteiger partial charge in [0.2, 0.25) is 0 Å². The van der Waals surface area contributed by atoms with Gasteiger partial charge in [-0.25, -0.2) is 13.2 Å². The second-order valence-corrected chi connectivity index (χ2v) is 7.04. The number of nitrogens with zero attached hydrogens (tertiary/aromatic N) is 1. The van der Waals surface area contributed by atoms with Crippen molar-refractivity contribution in [3.8, 4) is 0 Å². The van der Waals surface area contributed by atoms with Gasteiger partial charge in [-0.2, -0.15) is 0 Å². The number of carboxylic acid groups (broad SMARTS) is 1. The van der Waals surface area contributed by atoms with Crippen LogP contribution in [0.15, 0.2) is 47.4 Å². The fourth-order valence-electron chi connectivity index (χ4n) is 2.16. The second kappa shape index (κ2) is 6.29. The topological polar surface area (TPSA) is 86.7 Å². The fourth-order valence-corrected chi connectivity index (χ4v) is 3.31. The summed E-state index contributed by atoms with van der Waals surface area (Å²) in [5.74, 6) is -1.12. The van der Waals surface area contributed by atoms with Gasteiger partial charge in [-0.1, -0.05) is 12.1 Å². The Labute approximate surface area is 135 Å². The Bertz CT molecular complexity index is 845. The first-order valence-corrected chi connectivity index (χ1v) is 8.33. The number of anilines is 2. The predicted octanol–water partition coefficient (Wildman–Crippen LogP) is 2.56. The van der Waals surface area contributed by atoms with Crippen molar-refractivity contribution >= 4 is 27.4 Å². The number of aromatic carboxylic acids is 1. The average molecular weight is 334 g/mol. The van der Waals surface area contributed by atoms with Crippen molar-refractivity contribution in [3.05, 3.63) is 53.6 Å². The van der Waals surface area contributed by atoms with Gasteiger partial charge in [0.05, 0.1) is 16.1 Å². The Kier molecular flexibility index (Phi) is 4.60. The van der Waals surface area contributed by atoms with E-state index in [0.717, 1.165) is 5.56 Å². The Balaban J connectivity index is 2.40. The maximum absolute atomic E-state index is 12.4. The van der Waals surface area contributed by atoms with E-state index in [0.29, 0.717) is 5.69 Å². The van der Waals surface area contributed by atoms with Gasteiger partial charge in [-0.3, -0.25) is 4.72 Å². The van der Waals surface area contributed by atoms with E-state index in [4.69, 9.17) is 0 Å². The van der Waals surface area contributed by atoms with Crippen molar-refractivity contribution in [1.82, 2.24) is 0 Å². The minimum Gasteiger partial charge on any atom is -0.478 e. The third kappa shape index (κ3) is 3.81. The first kappa shape index (κ1) is 16.8. The van der Waals surface area contributed by atoms with Gasteiger partial charge in [-0.05, 0) is 42.8 Å². The fraction of sp³-hybridized carbons (Fsp3) is 0.188. The van der Waals surface area contributed by atoms with Gasteiger partial charge in [0.25, 0.3) is 10.0 Å². The van der Waals surface area contributed by atoms with Gasteiger partial charge in [-0.15, -0.1) is 0 Å². The van der Waals surface area contributed by atoms with Crippen LogP contribution in [0.3, 0.4) is 0 Å². The molecule has 0 amide bonds. The van der Waals surface area contributed by atoms with E-state index < -0.39 is 16.0 Å². The van der Waals surface area contributed by atoms with Crippen LogP contribution in [0.2, 0.25) is 0 Å². The predicted molar refractivity (Wildman–Crippen MR) is 89.7 cm³/mol. The molecule has 0 saturated heterocycles. The number of hydrogen-bond acceptors (Lipinski definition) is 4. The van der Waals surface area contributed by atoms with Gasteiger partial charge in [0.15, 0.2) is 0 Å². The number of rotatable bonds is 5. The largest absolute Gasteiger partial charge is 0.478 e. The molecule has 0 heterocycles. The summed E-state index contributed by atoms with van der Waals surface area (Å²) in [6.45, 7) is 1.80. The summed E-state index contributed by atoms with van der Waals surface area (Å²) >= 11 is 0. The van der Waals surface area contributed by atoms with Crippen LogP contribution in [-0.2, 0) is 10.0 Å². The molecule has 0 bridgehead atoms. The smallest absolute Gasteiger partial charge is 0.337 e. The first-order valence-electron chi connectivity index (χ1n) is 6.85. The van der Waals surface area contributed by atoms with E-state index in [9.17, 15) is 18.3 Å². The van der Waals surface area contributed by atoms with Crippen molar-refractivity contribution in [3.63, 3.8) is 0 Å². The number of carboxylic acids is 1. The molecule has 0 aliphatic carbocycles. The van der Waals surface area contributed by atoms with Crippen molar-refractivity contribution in [2.75, 3.05) is 23.7 Å². The molecular formula is C16H18N2O4S. The van der Waals surface area contributed by atoms with E-state index in [1.54, 1.807) is 50.2 Å². The standard InChI is InChI=1S/C16H18N2O4S/c1-11-5-4-6-13(9-11)23(21,22)17-12-7-8-15(18(2)3)14(10-12)16(19)20/h4-10,17H,1-3H3,(H,19,20). The molecule has 0 fully saturated rings. The molecule has 0 unspecified atom stereocenters. The van der Waals surface area contributed by atoms with E-state index in [2.05, 4.69) is 4.72 Å². The number of hydrogen-bond donors (Lipinski definition) is 2. The number of aryl methyl sites for hydroxylation is 1. The van der Waals surface area contributed by atoms with Gasteiger partial charge in [0, 0.05) is 19.8 Å². The van der Waals surface area contributed by atoms with E-state index >= 15 is 0 Å². The first-order chi connectivity index (χ1) is 10.7. The van der Waals surface area contributed by atoms with Crippen LogP contribution in [-0.4, -0.2) is 33.6 Å². The van der Waals surface area contributed by atoms with Gasteiger partial charge < -0.3 is 10.0 Å². The number of nitrogens with one attached hydrogen (secondary N) is 1.